The molecule has 0 aromatic heterocycles. The molecule has 0 unspecified atom stereocenters. The zero-order valence-electron chi connectivity index (χ0n) is 8.29. The van der Waals surface area contributed by atoms with Gasteiger partial charge >= 0.3 is 12.5 Å². The molecule has 102 valence electrons. The maximum Gasteiger partial charge on any atom is 0.573 e. The van der Waals surface area contributed by atoms with E-state index in [1.165, 1.54) is 0 Å². The smallest absolute Gasteiger partial charge is 0.404 e. The SMILES string of the molecule is FC(F)(F)Oc1c(Br)cc(CBr)cc1C(F)(F)F. The van der Waals surface area contributed by atoms with Crippen molar-refractivity contribution in [2.75, 3.05) is 0 Å². The summed E-state index contributed by atoms with van der Waals surface area (Å²) in [4.78, 5) is 0. The average molecular weight is 402 g/mol. The van der Waals surface area contributed by atoms with Gasteiger partial charge in [-0.25, -0.2) is 0 Å². The second-order valence-corrected chi connectivity index (χ2v) is 4.55. The summed E-state index contributed by atoms with van der Waals surface area (Å²) in [6, 6.07) is 1.71. The maximum absolute atomic E-state index is 12.6. The van der Waals surface area contributed by atoms with Gasteiger partial charge in [0.15, 0.2) is 5.75 Å². The Hall–Kier alpha value is -0.440. The molecule has 0 fully saturated rings. The Morgan fingerprint density at radius 1 is 1.06 bits per heavy atom. The molecule has 0 amide bonds. The van der Waals surface area contributed by atoms with Gasteiger partial charge in [-0.15, -0.1) is 13.2 Å². The van der Waals surface area contributed by atoms with Crippen LogP contribution in [0.15, 0.2) is 16.6 Å². The predicted octanol–water partition coefficient (Wildman–Crippen LogP) is 5.26. The lowest BCUT2D eigenvalue weighted by molar-refractivity contribution is -0.276. The molecule has 0 radical (unpaired) electrons. The summed E-state index contributed by atoms with van der Waals surface area (Å²) in [5.74, 6) is -1.29. The van der Waals surface area contributed by atoms with Crippen LogP contribution in [0.3, 0.4) is 0 Å². The summed E-state index contributed by atoms with van der Waals surface area (Å²) in [7, 11) is 0. The molecule has 0 N–H and O–H groups in total. The molecule has 0 aliphatic rings. The van der Waals surface area contributed by atoms with Crippen molar-refractivity contribution in [3.05, 3.63) is 27.7 Å². The second kappa shape index (κ2) is 5.28. The third-order valence-corrected chi connectivity index (χ3v) is 3.02. The third kappa shape index (κ3) is 4.04. The van der Waals surface area contributed by atoms with Gasteiger partial charge < -0.3 is 4.74 Å². The van der Waals surface area contributed by atoms with E-state index in [0.717, 1.165) is 6.07 Å². The fourth-order valence-electron chi connectivity index (χ4n) is 1.16. The minimum absolute atomic E-state index is 0.0704. The molecule has 0 saturated carbocycles. The van der Waals surface area contributed by atoms with Crippen molar-refractivity contribution in [3.8, 4) is 5.75 Å². The number of benzene rings is 1. The molecule has 0 atom stereocenters. The van der Waals surface area contributed by atoms with E-state index in [2.05, 4.69) is 36.6 Å². The van der Waals surface area contributed by atoms with E-state index in [9.17, 15) is 26.3 Å². The molecule has 0 heterocycles. The van der Waals surface area contributed by atoms with Gasteiger partial charge in [0.2, 0.25) is 0 Å². The highest BCUT2D eigenvalue weighted by atomic mass is 79.9. The molecule has 9 heteroatoms. The minimum atomic E-state index is -5.20. The van der Waals surface area contributed by atoms with Crippen LogP contribution in [0.2, 0.25) is 0 Å². The lowest BCUT2D eigenvalue weighted by atomic mass is 10.1. The standard InChI is InChI=1S/C9H4Br2F6O/c10-3-4-1-5(8(12,13)14)7(6(11)2-4)18-9(15,16)17/h1-2H,3H2. The minimum Gasteiger partial charge on any atom is -0.404 e. The molecule has 1 aromatic carbocycles. The third-order valence-electron chi connectivity index (χ3n) is 1.78. The summed E-state index contributed by atoms with van der Waals surface area (Å²) >= 11 is 5.57. The number of hydrogen-bond donors (Lipinski definition) is 0. The largest absolute Gasteiger partial charge is 0.573 e. The van der Waals surface area contributed by atoms with E-state index in [1.807, 2.05) is 0 Å². The van der Waals surface area contributed by atoms with Gasteiger partial charge in [-0.05, 0) is 33.6 Å². The first-order chi connectivity index (χ1) is 8.04. The second-order valence-electron chi connectivity index (χ2n) is 3.13. The fraction of sp³-hybridized carbons (Fsp3) is 0.333. The highest BCUT2D eigenvalue weighted by Crippen LogP contribution is 2.43. The molecule has 0 saturated heterocycles. The van der Waals surface area contributed by atoms with Gasteiger partial charge in [0.1, 0.15) is 0 Å². The van der Waals surface area contributed by atoms with Crippen molar-refractivity contribution in [1.29, 1.82) is 0 Å². The Morgan fingerprint density at radius 3 is 2.00 bits per heavy atom. The molecule has 1 aromatic rings. The van der Waals surface area contributed by atoms with Gasteiger partial charge in [-0.1, -0.05) is 15.9 Å². The van der Waals surface area contributed by atoms with E-state index in [4.69, 9.17) is 0 Å². The normalized spacial score (nSPS) is 12.7. The maximum atomic E-state index is 12.6. The van der Waals surface area contributed by atoms with Crippen molar-refractivity contribution in [2.45, 2.75) is 17.9 Å². The Bertz CT molecular complexity index is 440. The van der Waals surface area contributed by atoms with Crippen LogP contribution < -0.4 is 4.74 Å². The molecule has 1 nitrogen and oxygen atoms in total. The summed E-state index contributed by atoms with van der Waals surface area (Å²) in [5, 5.41) is 0.0704. The van der Waals surface area contributed by atoms with E-state index in [0.29, 0.717) is 6.07 Å². The Morgan fingerprint density at radius 2 is 1.61 bits per heavy atom. The van der Waals surface area contributed by atoms with Crippen LogP contribution in [-0.4, -0.2) is 6.36 Å². The summed E-state index contributed by atoms with van der Waals surface area (Å²) in [6.45, 7) is 0. The molecule has 0 aliphatic heterocycles. The molecule has 1 rings (SSSR count). The number of alkyl halides is 7. The zero-order valence-corrected chi connectivity index (χ0v) is 11.5. The van der Waals surface area contributed by atoms with Gasteiger partial charge in [-0.2, -0.15) is 13.2 Å². The van der Waals surface area contributed by atoms with Gasteiger partial charge in [0, 0.05) is 5.33 Å². The van der Waals surface area contributed by atoms with Gasteiger partial charge in [0.05, 0.1) is 10.0 Å². The fourth-order valence-corrected chi connectivity index (χ4v) is 2.07. The monoisotopic (exact) mass is 400 g/mol. The van der Waals surface area contributed by atoms with Crippen molar-refractivity contribution >= 4 is 31.9 Å². The molecular weight excluding hydrogens is 398 g/mol. The highest BCUT2D eigenvalue weighted by molar-refractivity contribution is 9.10. The Balaban J connectivity index is 3.39. The van der Waals surface area contributed by atoms with Crippen molar-refractivity contribution in [2.24, 2.45) is 0 Å². The number of hydrogen-bond acceptors (Lipinski definition) is 1. The van der Waals surface area contributed by atoms with Crippen molar-refractivity contribution < 1.29 is 31.1 Å². The number of halogens is 8. The molecule has 0 aliphatic carbocycles. The van der Waals surface area contributed by atoms with E-state index in [1.54, 1.807) is 0 Å². The van der Waals surface area contributed by atoms with E-state index >= 15 is 0 Å². The number of rotatable bonds is 2. The van der Waals surface area contributed by atoms with Crippen LogP contribution in [0, 0.1) is 0 Å². The first kappa shape index (κ1) is 15.6. The Kier molecular flexibility index (Phi) is 4.58. The quantitative estimate of drug-likeness (QED) is 0.485. The van der Waals surface area contributed by atoms with Crippen LogP contribution in [-0.2, 0) is 11.5 Å². The zero-order chi connectivity index (χ0) is 14.1. The molecular formula is C9H4Br2F6O. The summed E-state index contributed by atoms with van der Waals surface area (Å²) in [6.07, 6.45) is -10.1. The molecule has 18 heavy (non-hydrogen) atoms. The lowest BCUT2D eigenvalue weighted by Gasteiger charge is -2.17. The van der Waals surface area contributed by atoms with E-state index in [-0.39, 0.29) is 10.9 Å². The number of ether oxygens (including phenoxy) is 1. The average Bonchev–Trinajstić information content (AvgIpc) is 2.17. The Labute approximate surface area is 114 Å². The molecule has 0 spiro atoms. The predicted molar refractivity (Wildman–Crippen MR) is 58.5 cm³/mol. The highest BCUT2D eigenvalue weighted by Gasteiger charge is 2.40. The van der Waals surface area contributed by atoms with Crippen LogP contribution in [0.25, 0.3) is 0 Å². The van der Waals surface area contributed by atoms with Gasteiger partial charge in [-0.3, -0.25) is 0 Å². The van der Waals surface area contributed by atoms with E-state index < -0.39 is 28.3 Å². The first-order valence-electron chi connectivity index (χ1n) is 4.26. The topological polar surface area (TPSA) is 9.23 Å². The lowest BCUT2D eigenvalue weighted by Crippen LogP contribution is -2.20. The summed E-state index contributed by atoms with van der Waals surface area (Å²) < 4.78 is 77.1. The van der Waals surface area contributed by atoms with Crippen LogP contribution in [0.4, 0.5) is 26.3 Å². The molecule has 0 bridgehead atoms. The van der Waals surface area contributed by atoms with Gasteiger partial charge in [0.25, 0.3) is 0 Å². The summed E-state index contributed by atoms with van der Waals surface area (Å²) in [5.41, 5.74) is -1.31. The van der Waals surface area contributed by atoms with Crippen LogP contribution >= 0.6 is 31.9 Å². The first-order valence-corrected chi connectivity index (χ1v) is 6.17. The van der Waals surface area contributed by atoms with Crippen molar-refractivity contribution in [3.63, 3.8) is 0 Å². The van der Waals surface area contributed by atoms with Crippen LogP contribution in [0.1, 0.15) is 11.1 Å². The van der Waals surface area contributed by atoms with Crippen molar-refractivity contribution in [1.82, 2.24) is 0 Å². The van der Waals surface area contributed by atoms with Crippen LogP contribution in [0.5, 0.6) is 5.75 Å².